The molecule has 88 valence electrons. The zero-order chi connectivity index (χ0) is 12.4. The van der Waals surface area contributed by atoms with Crippen molar-refractivity contribution >= 4 is 23.8 Å². The Morgan fingerprint density at radius 1 is 0.706 bits per heavy atom. The summed E-state index contributed by atoms with van der Waals surface area (Å²) < 4.78 is 25.5. The zero-order valence-electron chi connectivity index (χ0n) is 8.09. The summed E-state index contributed by atoms with van der Waals surface area (Å²) in [6.07, 6.45) is -2.19. The van der Waals surface area contributed by atoms with Crippen molar-refractivity contribution in [1.29, 1.82) is 0 Å². The third-order valence-corrected chi connectivity index (χ3v) is 1.47. The van der Waals surface area contributed by atoms with E-state index in [0.29, 0.717) is 0 Å². The van der Waals surface area contributed by atoms with Crippen LogP contribution in [0.2, 0.25) is 0 Å². The van der Waals surface area contributed by atoms with E-state index in [9.17, 15) is 8.78 Å². The van der Waals surface area contributed by atoms with Crippen molar-refractivity contribution in [3.05, 3.63) is 12.2 Å². The van der Waals surface area contributed by atoms with Crippen LogP contribution in [0.3, 0.4) is 0 Å². The molecule has 0 saturated carbocycles. The number of rotatable bonds is 2. The van der Waals surface area contributed by atoms with Gasteiger partial charge in [0.25, 0.3) is 0 Å². The van der Waals surface area contributed by atoms with Gasteiger partial charge in [-0.2, -0.15) is 38.7 Å². The molecule has 2 rings (SSSR count). The SMILES string of the molecule is Nc1nc(F)nc(Nc2nc(N)nc(F)n2)n1. The maximum absolute atomic E-state index is 12.8. The van der Waals surface area contributed by atoms with Crippen LogP contribution in [0.4, 0.5) is 32.6 Å². The van der Waals surface area contributed by atoms with Crippen molar-refractivity contribution in [2.45, 2.75) is 0 Å². The van der Waals surface area contributed by atoms with Gasteiger partial charge >= 0.3 is 12.2 Å². The lowest BCUT2D eigenvalue weighted by molar-refractivity contribution is 0.534. The van der Waals surface area contributed by atoms with Gasteiger partial charge in [0, 0.05) is 0 Å². The summed E-state index contributed by atoms with van der Waals surface area (Å²) >= 11 is 0. The molecule has 0 atom stereocenters. The van der Waals surface area contributed by atoms with Crippen LogP contribution in [0.25, 0.3) is 0 Å². The van der Waals surface area contributed by atoms with Gasteiger partial charge in [0.15, 0.2) is 0 Å². The average molecular weight is 241 g/mol. The molecule has 0 aliphatic rings. The van der Waals surface area contributed by atoms with Crippen LogP contribution >= 0.6 is 0 Å². The van der Waals surface area contributed by atoms with Gasteiger partial charge in [-0.3, -0.25) is 5.32 Å². The minimum atomic E-state index is -1.09. The van der Waals surface area contributed by atoms with E-state index in [1.165, 1.54) is 0 Å². The van der Waals surface area contributed by atoms with Gasteiger partial charge in [-0.15, -0.1) is 0 Å². The largest absolute Gasteiger partial charge is 0.368 e. The van der Waals surface area contributed by atoms with Gasteiger partial charge in [0.05, 0.1) is 0 Å². The Balaban J connectivity index is 2.31. The summed E-state index contributed by atoms with van der Waals surface area (Å²) in [6.45, 7) is 0. The van der Waals surface area contributed by atoms with Crippen molar-refractivity contribution < 1.29 is 8.78 Å². The summed E-state index contributed by atoms with van der Waals surface area (Å²) in [4.78, 5) is 19.8. The second-order valence-corrected chi connectivity index (χ2v) is 2.70. The van der Waals surface area contributed by atoms with Crippen LogP contribution in [0.5, 0.6) is 0 Å². The molecule has 0 fully saturated rings. The van der Waals surface area contributed by atoms with Gasteiger partial charge in [0.1, 0.15) is 0 Å². The molecule has 0 aliphatic heterocycles. The number of nitrogens with two attached hydrogens (primary N) is 2. The Morgan fingerprint density at radius 3 is 1.47 bits per heavy atom. The molecule has 0 unspecified atom stereocenters. The molecule has 0 bridgehead atoms. The van der Waals surface area contributed by atoms with E-state index in [-0.39, 0.29) is 23.8 Å². The van der Waals surface area contributed by atoms with Gasteiger partial charge in [-0.25, -0.2) is 0 Å². The highest BCUT2D eigenvalue weighted by Crippen LogP contribution is 2.09. The maximum Gasteiger partial charge on any atom is 0.315 e. The van der Waals surface area contributed by atoms with Crippen molar-refractivity contribution in [3.8, 4) is 0 Å². The van der Waals surface area contributed by atoms with Crippen LogP contribution in [0.1, 0.15) is 0 Å². The molecule has 9 nitrogen and oxygen atoms in total. The number of hydrogen-bond donors (Lipinski definition) is 3. The van der Waals surface area contributed by atoms with E-state index in [1.54, 1.807) is 0 Å². The maximum atomic E-state index is 12.8. The molecule has 0 radical (unpaired) electrons. The number of aromatic nitrogens is 6. The predicted molar refractivity (Wildman–Crippen MR) is 51.7 cm³/mol. The highest BCUT2D eigenvalue weighted by atomic mass is 19.1. The fraction of sp³-hybridized carbons (Fsp3) is 0. The van der Waals surface area contributed by atoms with Crippen LogP contribution < -0.4 is 16.8 Å². The van der Waals surface area contributed by atoms with Gasteiger partial charge < -0.3 is 11.5 Å². The van der Waals surface area contributed by atoms with Crippen molar-refractivity contribution in [2.24, 2.45) is 0 Å². The lowest BCUT2D eigenvalue weighted by Gasteiger charge is -2.03. The van der Waals surface area contributed by atoms with Crippen molar-refractivity contribution in [1.82, 2.24) is 29.9 Å². The molecule has 0 spiro atoms. The quantitative estimate of drug-likeness (QED) is 0.618. The first kappa shape index (κ1) is 10.8. The number of anilines is 4. The smallest absolute Gasteiger partial charge is 0.315 e. The molecule has 17 heavy (non-hydrogen) atoms. The van der Waals surface area contributed by atoms with E-state index in [1.807, 2.05) is 0 Å². The monoisotopic (exact) mass is 241 g/mol. The molecule has 2 aromatic heterocycles. The fourth-order valence-electron chi connectivity index (χ4n) is 0.943. The third kappa shape index (κ3) is 2.64. The first-order chi connectivity index (χ1) is 8.02. The Kier molecular flexibility index (Phi) is 2.56. The molecule has 2 heterocycles. The number of hydrogen-bond acceptors (Lipinski definition) is 9. The number of nitrogens with zero attached hydrogens (tertiary/aromatic N) is 6. The second-order valence-electron chi connectivity index (χ2n) is 2.70. The minimum Gasteiger partial charge on any atom is -0.368 e. The summed E-state index contributed by atoms with van der Waals surface area (Å²) in [6, 6.07) is 0. The summed E-state index contributed by atoms with van der Waals surface area (Å²) in [5, 5.41) is 2.30. The van der Waals surface area contributed by atoms with E-state index in [2.05, 4.69) is 35.2 Å². The average Bonchev–Trinajstić information content (AvgIpc) is 2.13. The Morgan fingerprint density at radius 2 is 1.12 bits per heavy atom. The molecule has 5 N–H and O–H groups in total. The topological polar surface area (TPSA) is 141 Å². The summed E-state index contributed by atoms with van der Waals surface area (Å²) in [7, 11) is 0. The number of nitrogen functional groups attached to an aromatic ring is 2. The van der Waals surface area contributed by atoms with Gasteiger partial charge in [-0.1, -0.05) is 0 Å². The molecule has 0 saturated heterocycles. The van der Waals surface area contributed by atoms with E-state index < -0.39 is 12.2 Å². The lowest BCUT2D eigenvalue weighted by atomic mass is 10.8. The molecule has 0 aliphatic carbocycles. The Bertz CT molecular complexity index is 469. The van der Waals surface area contributed by atoms with Crippen LogP contribution in [-0.2, 0) is 0 Å². The predicted octanol–water partition coefficient (Wildman–Crippen LogP) is -0.757. The second kappa shape index (κ2) is 4.03. The highest BCUT2D eigenvalue weighted by Gasteiger charge is 2.08. The summed E-state index contributed by atoms with van der Waals surface area (Å²) in [5.74, 6) is -1.25. The van der Waals surface area contributed by atoms with Gasteiger partial charge in [0.2, 0.25) is 23.8 Å². The zero-order valence-corrected chi connectivity index (χ0v) is 8.09. The number of halogens is 2. The lowest BCUT2D eigenvalue weighted by Crippen LogP contribution is -2.09. The first-order valence-corrected chi connectivity index (χ1v) is 4.14. The molecule has 0 amide bonds. The Hall–Kier alpha value is -2.72. The molecule has 11 heteroatoms. The van der Waals surface area contributed by atoms with Crippen LogP contribution in [0, 0.1) is 12.2 Å². The van der Waals surface area contributed by atoms with Crippen LogP contribution in [-0.4, -0.2) is 29.9 Å². The van der Waals surface area contributed by atoms with Crippen molar-refractivity contribution in [3.63, 3.8) is 0 Å². The first-order valence-electron chi connectivity index (χ1n) is 4.14. The van der Waals surface area contributed by atoms with Crippen LogP contribution in [0.15, 0.2) is 0 Å². The summed E-state index contributed by atoms with van der Waals surface area (Å²) in [5.41, 5.74) is 10.4. The Labute approximate surface area is 92.4 Å². The molecular weight excluding hydrogens is 236 g/mol. The standard InChI is InChI=1S/C6H5F2N9/c7-1-11-3(9)15-5(13-1)17-6-14-2(8)12-4(10)16-6/h(H5,9,10,11,12,13,14,15,16,17). The van der Waals surface area contributed by atoms with Gasteiger partial charge in [-0.05, 0) is 0 Å². The van der Waals surface area contributed by atoms with E-state index >= 15 is 0 Å². The molecular formula is C6H5F2N9. The fourth-order valence-corrected chi connectivity index (χ4v) is 0.943. The minimum absolute atomic E-state index is 0.278. The van der Waals surface area contributed by atoms with E-state index in [4.69, 9.17) is 11.5 Å². The molecule has 2 aromatic rings. The van der Waals surface area contributed by atoms with E-state index in [0.717, 1.165) is 0 Å². The molecule has 0 aromatic carbocycles. The number of nitrogens with one attached hydrogen (secondary N) is 1. The third-order valence-electron chi connectivity index (χ3n) is 1.47. The van der Waals surface area contributed by atoms with Crippen molar-refractivity contribution in [2.75, 3.05) is 16.8 Å². The highest BCUT2D eigenvalue weighted by molar-refractivity contribution is 5.44. The normalized spacial score (nSPS) is 10.2.